The van der Waals surface area contributed by atoms with E-state index in [1.807, 2.05) is 12.1 Å². The van der Waals surface area contributed by atoms with Crippen molar-refractivity contribution in [3.8, 4) is 11.5 Å². The second kappa shape index (κ2) is 8.57. The minimum atomic E-state index is -0.327. The van der Waals surface area contributed by atoms with Gasteiger partial charge in [0, 0.05) is 5.39 Å². The minimum Gasteiger partial charge on any atom is -0.497 e. The number of hydrogen-bond donors (Lipinski definition) is 1. The Morgan fingerprint density at radius 3 is 2.57 bits per heavy atom. The van der Waals surface area contributed by atoms with E-state index in [-0.39, 0.29) is 18.0 Å². The molecule has 0 aliphatic heterocycles. The predicted octanol–water partition coefficient (Wildman–Crippen LogP) is 4.21. The van der Waals surface area contributed by atoms with E-state index in [9.17, 15) is 4.79 Å². The van der Waals surface area contributed by atoms with Crippen LogP contribution in [-0.2, 0) is 6.54 Å². The van der Waals surface area contributed by atoms with Crippen molar-refractivity contribution in [2.45, 2.75) is 6.54 Å². The summed E-state index contributed by atoms with van der Waals surface area (Å²) in [7, 11) is 3.16. The number of rotatable bonds is 6. The summed E-state index contributed by atoms with van der Waals surface area (Å²) in [6, 6.07) is 17.9. The molecule has 2 aromatic heterocycles. The first-order chi connectivity index (χ1) is 14.7. The molecule has 2 heterocycles. The number of para-hydroxylation sites is 1. The topological polar surface area (TPSA) is 86.2 Å². The molecule has 4 aromatic rings. The number of ether oxygens (including phenoxy) is 2. The zero-order valence-electron chi connectivity index (χ0n) is 16.5. The van der Waals surface area contributed by atoms with Crippen LogP contribution in [0.5, 0.6) is 11.5 Å². The lowest BCUT2D eigenvalue weighted by Crippen LogP contribution is -2.28. The van der Waals surface area contributed by atoms with Crippen LogP contribution in [-0.4, -0.2) is 20.1 Å². The van der Waals surface area contributed by atoms with Crippen LogP contribution in [0.3, 0.4) is 0 Å². The number of furan rings is 1. The molecule has 2 aromatic carbocycles. The lowest BCUT2D eigenvalue weighted by Gasteiger charge is -2.08. The summed E-state index contributed by atoms with van der Waals surface area (Å²) in [5.74, 6) is 1.59. The van der Waals surface area contributed by atoms with Crippen molar-refractivity contribution in [3.05, 3.63) is 83.8 Å². The van der Waals surface area contributed by atoms with E-state index in [2.05, 4.69) is 10.3 Å². The van der Waals surface area contributed by atoms with E-state index in [4.69, 9.17) is 18.3 Å². The number of carbonyl (C=O) groups is 1. The van der Waals surface area contributed by atoms with Crippen LogP contribution in [0, 0.1) is 0 Å². The minimum absolute atomic E-state index is 0.175. The molecule has 0 aliphatic rings. The molecule has 0 saturated carbocycles. The number of nitrogens with zero attached hydrogens (tertiary/aromatic N) is 1. The van der Waals surface area contributed by atoms with Gasteiger partial charge in [0.25, 0.3) is 5.91 Å². The molecule has 152 valence electrons. The summed E-state index contributed by atoms with van der Waals surface area (Å²) in [6.45, 7) is 0.254. The molecule has 7 nitrogen and oxygen atoms in total. The number of amides is 1. The van der Waals surface area contributed by atoms with Crippen LogP contribution >= 0.6 is 0 Å². The number of methoxy groups -OCH3 is 2. The van der Waals surface area contributed by atoms with Gasteiger partial charge in [-0.2, -0.15) is 0 Å². The fraction of sp³-hybridized carbons (Fsp3) is 0.130. The normalized spacial score (nSPS) is 11.5. The molecule has 0 fully saturated rings. The fourth-order valence-corrected chi connectivity index (χ4v) is 2.98. The van der Waals surface area contributed by atoms with E-state index in [0.29, 0.717) is 34.1 Å². The summed E-state index contributed by atoms with van der Waals surface area (Å²) < 4.78 is 21.9. The number of nitrogens with one attached hydrogen (secondary N) is 1. The third kappa shape index (κ3) is 4.05. The molecule has 30 heavy (non-hydrogen) atoms. The maximum Gasteiger partial charge on any atom is 0.257 e. The fourth-order valence-electron chi connectivity index (χ4n) is 2.98. The van der Waals surface area contributed by atoms with Gasteiger partial charge in [-0.3, -0.25) is 4.79 Å². The average Bonchev–Trinajstić information content (AvgIpc) is 3.31. The molecule has 0 atom stereocenters. The molecular weight excluding hydrogens is 384 g/mol. The van der Waals surface area contributed by atoms with Crippen LogP contribution in [0.4, 0.5) is 5.69 Å². The quantitative estimate of drug-likeness (QED) is 0.520. The monoisotopic (exact) mass is 404 g/mol. The first-order valence-corrected chi connectivity index (χ1v) is 9.28. The number of fused-ring (bicyclic) bond motifs is 1. The molecule has 0 saturated heterocycles. The Kier molecular flexibility index (Phi) is 5.52. The highest BCUT2D eigenvalue weighted by Crippen LogP contribution is 2.25. The highest BCUT2D eigenvalue weighted by Gasteiger charge is 2.15. The van der Waals surface area contributed by atoms with Crippen LogP contribution in [0.1, 0.15) is 16.1 Å². The smallest absolute Gasteiger partial charge is 0.257 e. The standard InChI is InChI=1S/C23H20N2O5/c1-27-17-10-8-16(9-11-17)25-23-19(22(26)24-14-18-6-4-12-29-18)13-15-5-3-7-20(28-2)21(15)30-23/h3-13H,14H2,1-2H3,(H,24,26). The van der Waals surface area contributed by atoms with E-state index in [1.165, 1.54) is 0 Å². The Labute approximate surface area is 172 Å². The Morgan fingerprint density at radius 2 is 1.87 bits per heavy atom. The van der Waals surface area contributed by atoms with Crippen molar-refractivity contribution in [1.82, 2.24) is 5.32 Å². The van der Waals surface area contributed by atoms with E-state index in [0.717, 1.165) is 5.39 Å². The summed E-state index contributed by atoms with van der Waals surface area (Å²) in [5, 5.41) is 3.56. The van der Waals surface area contributed by atoms with Gasteiger partial charge in [0.05, 0.1) is 32.7 Å². The number of carbonyl (C=O) groups excluding carboxylic acids is 1. The second-order valence-corrected chi connectivity index (χ2v) is 6.42. The SMILES string of the molecule is COc1ccc(N=c2oc3c(OC)cccc3cc2C(=O)NCc2ccco2)cc1. The van der Waals surface area contributed by atoms with E-state index in [1.54, 1.807) is 69.0 Å². The van der Waals surface area contributed by atoms with E-state index >= 15 is 0 Å². The predicted molar refractivity (Wildman–Crippen MR) is 111 cm³/mol. The van der Waals surface area contributed by atoms with Crippen molar-refractivity contribution in [3.63, 3.8) is 0 Å². The molecule has 0 bridgehead atoms. The molecule has 0 unspecified atom stereocenters. The van der Waals surface area contributed by atoms with Gasteiger partial charge in [-0.25, -0.2) is 4.99 Å². The van der Waals surface area contributed by atoms with Crippen molar-refractivity contribution in [1.29, 1.82) is 0 Å². The van der Waals surface area contributed by atoms with Crippen molar-refractivity contribution in [2.24, 2.45) is 4.99 Å². The third-order valence-electron chi connectivity index (χ3n) is 4.51. The van der Waals surface area contributed by atoms with Gasteiger partial charge >= 0.3 is 0 Å². The van der Waals surface area contributed by atoms with Gasteiger partial charge in [-0.1, -0.05) is 12.1 Å². The zero-order valence-corrected chi connectivity index (χ0v) is 16.5. The van der Waals surface area contributed by atoms with Crippen molar-refractivity contribution >= 4 is 22.6 Å². The molecule has 4 rings (SSSR count). The van der Waals surface area contributed by atoms with Crippen LogP contribution in [0.25, 0.3) is 11.0 Å². The Balaban J connectivity index is 1.80. The maximum atomic E-state index is 12.9. The maximum absolute atomic E-state index is 12.9. The van der Waals surface area contributed by atoms with Gasteiger partial charge in [0.2, 0.25) is 5.55 Å². The molecule has 0 radical (unpaired) electrons. The summed E-state index contributed by atoms with van der Waals surface area (Å²) in [4.78, 5) is 17.5. The van der Waals surface area contributed by atoms with Gasteiger partial charge in [-0.05, 0) is 48.5 Å². The lowest BCUT2D eigenvalue weighted by molar-refractivity contribution is 0.0944. The second-order valence-electron chi connectivity index (χ2n) is 6.42. The molecule has 1 amide bonds. The first-order valence-electron chi connectivity index (χ1n) is 9.28. The number of hydrogen-bond acceptors (Lipinski definition) is 6. The van der Waals surface area contributed by atoms with Crippen molar-refractivity contribution < 1.29 is 23.1 Å². The van der Waals surface area contributed by atoms with Crippen LogP contribution in [0.15, 0.2) is 80.8 Å². The van der Waals surface area contributed by atoms with Gasteiger partial charge < -0.3 is 23.6 Å². The lowest BCUT2D eigenvalue weighted by atomic mass is 10.1. The first kappa shape index (κ1) is 19.3. The Bertz CT molecular complexity index is 1220. The Morgan fingerprint density at radius 1 is 1.03 bits per heavy atom. The van der Waals surface area contributed by atoms with Gasteiger partial charge in [0.15, 0.2) is 11.3 Å². The van der Waals surface area contributed by atoms with E-state index < -0.39 is 0 Å². The summed E-state index contributed by atoms with van der Waals surface area (Å²) in [6.07, 6.45) is 1.56. The molecule has 7 heteroatoms. The van der Waals surface area contributed by atoms with Crippen LogP contribution < -0.4 is 20.3 Å². The molecule has 1 N–H and O–H groups in total. The van der Waals surface area contributed by atoms with Crippen molar-refractivity contribution in [2.75, 3.05) is 14.2 Å². The third-order valence-corrected chi connectivity index (χ3v) is 4.51. The van der Waals surface area contributed by atoms with Gasteiger partial charge in [0.1, 0.15) is 17.1 Å². The molecular formula is C23H20N2O5. The number of benzene rings is 2. The summed E-state index contributed by atoms with van der Waals surface area (Å²) >= 11 is 0. The zero-order chi connectivity index (χ0) is 20.9. The highest BCUT2D eigenvalue weighted by atomic mass is 16.5. The average molecular weight is 404 g/mol. The summed E-state index contributed by atoms with van der Waals surface area (Å²) in [5.41, 5.74) is 1.61. The van der Waals surface area contributed by atoms with Gasteiger partial charge in [-0.15, -0.1) is 0 Å². The molecule has 0 aliphatic carbocycles. The van der Waals surface area contributed by atoms with Crippen LogP contribution in [0.2, 0.25) is 0 Å². The Hall–Kier alpha value is -4.00. The largest absolute Gasteiger partial charge is 0.497 e. The highest BCUT2D eigenvalue weighted by molar-refractivity contribution is 5.97. The molecule has 0 spiro atoms.